The minimum absolute atomic E-state index is 0.526. The van der Waals surface area contributed by atoms with E-state index >= 15 is 0 Å². The lowest BCUT2D eigenvalue weighted by molar-refractivity contribution is -0.132. The number of imide groups is 1. The summed E-state index contributed by atoms with van der Waals surface area (Å²) in [6.45, 7) is -0.851. The Morgan fingerprint density at radius 1 is 0.774 bits per heavy atom. The second kappa shape index (κ2) is 9.68. The van der Waals surface area contributed by atoms with E-state index in [1.807, 2.05) is 36.4 Å². The van der Waals surface area contributed by atoms with Gasteiger partial charge in [-0.05, 0) is 11.1 Å². The zero-order chi connectivity index (χ0) is 22.3. The number of rotatable bonds is 5. The predicted octanol–water partition coefficient (Wildman–Crippen LogP) is 3.24. The highest BCUT2D eigenvalue weighted by Crippen LogP contribution is 2.39. The van der Waals surface area contributed by atoms with E-state index in [0.717, 1.165) is 0 Å². The van der Waals surface area contributed by atoms with Crippen molar-refractivity contribution in [2.75, 3.05) is 6.73 Å². The summed E-state index contributed by atoms with van der Waals surface area (Å²) in [5, 5.41) is 2.64. The van der Waals surface area contributed by atoms with Gasteiger partial charge in [-0.15, -0.1) is 0 Å². The van der Waals surface area contributed by atoms with Crippen LogP contribution in [0.1, 0.15) is 11.1 Å². The van der Waals surface area contributed by atoms with Crippen molar-refractivity contribution in [3.8, 4) is 0 Å². The minimum atomic E-state index is -4.83. The number of benzene rings is 3. The first-order valence-corrected chi connectivity index (χ1v) is 10.8. The second-order valence-electron chi connectivity index (χ2n) is 6.55. The summed E-state index contributed by atoms with van der Waals surface area (Å²) in [6.07, 6.45) is 0. The van der Waals surface area contributed by atoms with Gasteiger partial charge in [-0.25, -0.2) is 14.3 Å². The van der Waals surface area contributed by atoms with Crippen molar-refractivity contribution in [1.82, 2.24) is 10.2 Å². The van der Waals surface area contributed by atoms with Crippen LogP contribution in [0, 0.1) is 0 Å². The molecule has 160 valence electrons. The monoisotopic (exact) mass is 440 g/mol. The first kappa shape index (κ1) is 22.4. The molecular formula is C22H21N2O6P. The lowest BCUT2D eigenvalue weighted by Crippen LogP contribution is -2.45. The first-order chi connectivity index (χ1) is 14.8. The first-order valence-electron chi connectivity index (χ1n) is 9.30. The van der Waals surface area contributed by atoms with Crippen LogP contribution in [-0.2, 0) is 19.4 Å². The minimum Gasteiger partial charge on any atom is -0.315 e. The molecule has 3 aromatic rings. The number of carbonyl (C=O) groups is 2. The maximum Gasteiger partial charge on any atom is 0.471 e. The maximum absolute atomic E-state index is 13.1. The van der Waals surface area contributed by atoms with Gasteiger partial charge in [-0.2, -0.15) is 0 Å². The molecule has 31 heavy (non-hydrogen) atoms. The molecule has 0 aromatic heterocycles. The van der Waals surface area contributed by atoms with Crippen molar-refractivity contribution >= 4 is 19.8 Å². The Balaban J connectivity index is 0.000000391. The average molecular weight is 440 g/mol. The van der Waals surface area contributed by atoms with Crippen LogP contribution in [0.15, 0.2) is 97.1 Å². The fraction of sp³-hybridized carbons (Fsp3) is 0.0909. The SMILES string of the molecule is O=C1NC(c2ccccc2)(c2ccccc2)C(=O)N1COP(=O)(O)O.c1ccccc1. The van der Waals surface area contributed by atoms with Crippen molar-refractivity contribution in [3.63, 3.8) is 0 Å². The normalized spacial score (nSPS) is 15.1. The van der Waals surface area contributed by atoms with Gasteiger partial charge < -0.3 is 15.1 Å². The fourth-order valence-corrected chi connectivity index (χ4v) is 3.41. The number of hydrogen-bond donors (Lipinski definition) is 3. The zero-order valence-electron chi connectivity index (χ0n) is 16.4. The van der Waals surface area contributed by atoms with Crippen molar-refractivity contribution in [2.24, 2.45) is 0 Å². The number of nitrogens with one attached hydrogen (secondary N) is 1. The van der Waals surface area contributed by atoms with E-state index in [9.17, 15) is 14.2 Å². The molecule has 0 spiro atoms. The van der Waals surface area contributed by atoms with E-state index in [-0.39, 0.29) is 0 Å². The Kier molecular flexibility index (Phi) is 6.99. The summed E-state index contributed by atoms with van der Waals surface area (Å²) in [5.41, 5.74) is -0.436. The van der Waals surface area contributed by atoms with Gasteiger partial charge >= 0.3 is 13.9 Å². The summed E-state index contributed by atoms with van der Waals surface area (Å²) in [7, 11) is -4.83. The molecule has 4 rings (SSSR count). The molecule has 3 N–H and O–H groups in total. The van der Waals surface area contributed by atoms with Gasteiger partial charge in [0.2, 0.25) is 0 Å². The summed E-state index contributed by atoms with van der Waals surface area (Å²) < 4.78 is 15.2. The number of amides is 3. The quantitative estimate of drug-likeness (QED) is 0.414. The lowest BCUT2D eigenvalue weighted by atomic mass is 9.83. The molecule has 0 bridgehead atoms. The maximum atomic E-state index is 13.1. The Bertz CT molecular complexity index is 991. The molecule has 0 saturated carbocycles. The standard InChI is InChI=1S/C16H15N2O6P.C6H6/c19-14-16(12-7-3-1-4-8-12,13-9-5-2-6-10-13)17-15(20)18(14)11-24-25(21,22)23;1-2-4-6-5-3-1/h1-10H,11H2,(H,17,20)(H2,21,22,23);1-6H. The third-order valence-corrected chi connectivity index (χ3v) is 4.99. The summed E-state index contributed by atoms with van der Waals surface area (Å²) in [6, 6.07) is 28.4. The van der Waals surface area contributed by atoms with Crippen molar-refractivity contribution < 1.29 is 28.5 Å². The molecule has 0 radical (unpaired) electrons. The molecule has 3 aromatic carbocycles. The van der Waals surface area contributed by atoms with E-state index in [0.29, 0.717) is 16.0 Å². The molecule has 1 aliphatic rings. The molecule has 9 heteroatoms. The highest BCUT2D eigenvalue weighted by Gasteiger charge is 2.54. The van der Waals surface area contributed by atoms with Gasteiger partial charge in [0, 0.05) is 0 Å². The molecule has 0 aliphatic carbocycles. The Morgan fingerprint density at radius 3 is 1.55 bits per heavy atom. The largest absolute Gasteiger partial charge is 0.471 e. The van der Waals surface area contributed by atoms with E-state index in [1.54, 1.807) is 60.7 Å². The summed E-state index contributed by atoms with van der Waals surface area (Å²) in [4.78, 5) is 43.7. The van der Waals surface area contributed by atoms with Gasteiger partial charge in [0.1, 0.15) is 6.73 Å². The Morgan fingerprint density at radius 2 is 1.16 bits per heavy atom. The molecule has 3 amide bonds. The average Bonchev–Trinajstić information content (AvgIpc) is 3.05. The third-order valence-electron chi connectivity index (χ3n) is 4.54. The number of hydrogen-bond acceptors (Lipinski definition) is 4. The Hall–Kier alpha value is -3.29. The van der Waals surface area contributed by atoms with Crippen LogP contribution in [0.25, 0.3) is 0 Å². The number of phosphoric ester groups is 1. The van der Waals surface area contributed by atoms with Crippen LogP contribution in [-0.4, -0.2) is 33.4 Å². The zero-order valence-corrected chi connectivity index (χ0v) is 17.3. The lowest BCUT2D eigenvalue weighted by Gasteiger charge is -2.27. The smallest absolute Gasteiger partial charge is 0.315 e. The van der Waals surface area contributed by atoms with Gasteiger partial charge in [-0.3, -0.25) is 9.32 Å². The summed E-state index contributed by atoms with van der Waals surface area (Å²) >= 11 is 0. The predicted molar refractivity (Wildman–Crippen MR) is 113 cm³/mol. The van der Waals surface area contributed by atoms with Crippen LogP contribution in [0.5, 0.6) is 0 Å². The van der Waals surface area contributed by atoms with E-state index in [1.165, 1.54) is 0 Å². The molecule has 1 heterocycles. The summed E-state index contributed by atoms with van der Waals surface area (Å²) in [5.74, 6) is -0.677. The van der Waals surface area contributed by atoms with Gasteiger partial charge in [-0.1, -0.05) is 97.1 Å². The van der Waals surface area contributed by atoms with Crippen LogP contribution in [0.2, 0.25) is 0 Å². The third kappa shape index (κ3) is 5.25. The number of nitrogens with zero attached hydrogens (tertiary/aromatic N) is 1. The van der Waals surface area contributed by atoms with E-state index < -0.39 is 32.0 Å². The number of carbonyl (C=O) groups excluding carboxylic acids is 2. The fourth-order valence-electron chi connectivity index (χ4n) is 3.15. The van der Waals surface area contributed by atoms with Gasteiger partial charge in [0.15, 0.2) is 5.54 Å². The molecule has 0 atom stereocenters. The van der Waals surface area contributed by atoms with Crippen molar-refractivity contribution in [3.05, 3.63) is 108 Å². The molecular weight excluding hydrogens is 419 g/mol. The van der Waals surface area contributed by atoms with Crippen LogP contribution >= 0.6 is 7.82 Å². The number of phosphoric acid groups is 1. The van der Waals surface area contributed by atoms with Crippen molar-refractivity contribution in [1.29, 1.82) is 0 Å². The second-order valence-corrected chi connectivity index (χ2v) is 7.79. The van der Waals surface area contributed by atoms with Crippen LogP contribution in [0.3, 0.4) is 0 Å². The van der Waals surface area contributed by atoms with Crippen LogP contribution < -0.4 is 5.32 Å². The van der Waals surface area contributed by atoms with E-state index in [2.05, 4.69) is 9.84 Å². The molecule has 0 unspecified atom stereocenters. The molecule has 8 nitrogen and oxygen atoms in total. The number of urea groups is 1. The highest BCUT2D eigenvalue weighted by molar-refractivity contribution is 7.46. The molecule has 1 aliphatic heterocycles. The van der Waals surface area contributed by atoms with E-state index in [4.69, 9.17) is 9.79 Å². The van der Waals surface area contributed by atoms with Crippen LogP contribution in [0.4, 0.5) is 4.79 Å². The topological polar surface area (TPSA) is 116 Å². The van der Waals surface area contributed by atoms with Gasteiger partial charge in [0.25, 0.3) is 5.91 Å². The molecule has 1 fully saturated rings. The highest BCUT2D eigenvalue weighted by atomic mass is 31.2. The van der Waals surface area contributed by atoms with Crippen molar-refractivity contribution in [2.45, 2.75) is 5.54 Å². The Labute approximate surface area is 179 Å². The van der Waals surface area contributed by atoms with Gasteiger partial charge in [0.05, 0.1) is 0 Å². The molecule has 1 saturated heterocycles.